The Morgan fingerprint density at radius 3 is 1.36 bits per heavy atom. The molecule has 348 valence electrons. The van der Waals surface area contributed by atoms with E-state index in [1.54, 1.807) is 0 Å². The van der Waals surface area contributed by atoms with E-state index in [4.69, 9.17) is 32.7 Å². The number of aromatic amines is 1. The lowest BCUT2D eigenvalue weighted by Gasteiger charge is -2.14. The maximum Gasteiger partial charge on any atom is 0.351 e. The van der Waals surface area contributed by atoms with Gasteiger partial charge in [-0.05, 0) is 48.5 Å². The first kappa shape index (κ1) is 48.2. The number of hydrogen-bond acceptors (Lipinski definition) is 19. The molecule has 1 heterocycles. The van der Waals surface area contributed by atoms with Gasteiger partial charge in [-0.2, -0.15) is 53.9 Å². The van der Waals surface area contributed by atoms with Crippen molar-refractivity contribution in [3.63, 3.8) is 0 Å². The van der Waals surface area contributed by atoms with Crippen molar-refractivity contribution in [1.82, 2.24) is 15.0 Å². The first-order valence-corrected chi connectivity index (χ1v) is 24.5. The molecule has 0 unspecified atom stereocenters. The first-order chi connectivity index (χ1) is 31.3. The molecule has 67 heavy (non-hydrogen) atoms. The van der Waals surface area contributed by atoms with Gasteiger partial charge >= 0.3 is 5.69 Å². The van der Waals surface area contributed by atoms with E-state index in [1.165, 1.54) is 62.8 Å². The summed E-state index contributed by atoms with van der Waals surface area (Å²) in [6, 6.07) is 16.0. The number of halogens is 2. The van der Waals surface area contributed by atoms with Crippen LogP contribution in [0.15, 0.2) is 130 Å². The van der Waals surface area contributed by atoms with Crippen LogP contribution in [0.25, 0.3) is 21.5 Å². The van der Waals surface area contributed by atoms with Crippen LogP contribution in [-0.2, 0) is 40.5 Å². The highest BCUT2D eigenvalue weighted by molar-refractivity contribution is 7.87. The summed E-state index contributed by atoms with van der Waals surface area (Å²) >= 11 is 13.0. The fourth-order valence-electron chi connectivity index (χ4n) is 6.35. The van der Waals surface area contributed by atoms with Gasteiger partial charge in [-0.25, -0.2) is 4.79 Å². The number of nitrogens with one attached hydrogen (secondary N) is 3. The predicted octanol–water partition coefficient (Wildman–Crippen LogP) is 8.10. The summed E-state index contributed by atoms with van der Waals surface area (Å²) in [7, 11) is -17.0. The maximum atomic E-state index is 12.7. The van der Waals surface area contributed by atoms with E-state index in [2.05, 4.69) is 46.0 Å². The number of benzene rings is 6. The van der Waals surface area contributed by atoms with Crippen LogP contribution in [0.1, 0.15) is 0 Å². The molecule has 7 aromatic rings. The van der Waals surface area contributed by atoms with Crippen LogP contribution in [0.4, 0.5) is 46.0 Å². The van der Waals surface area contributed by atoms with Crippen LogP contribution in [-0.4, -0.2) is 81.1 Å². The summed E-state index contributed by atoms with van der Waals surface area (Å²) in [5.74, 6) is -0.418. The van der Waals surface area contributed by atoms with Crippen molar-refractivity contribution >= 4 is 131 Å². The molecule has 24 nitrogen and oxygen atoms in total. The van der Waals surface area contributed by atoms with Crippen molar-refractivity contribution in [1.29, 1.82) is 0 Å². The Bertz CT molecular complexity index is 3560. The number of hydrogen-bond donors (Lipinski definition) is 7. The van der Waals surface area contributed by atoms with Crippen LogP contribution in [0.3, 0.4) is 0 Å². The van der Waals surface area contributed by atoms with Crippen LogP contribution in [0.5, 0.6) is 11.5 Å². The van der Waals surface area contributed by atoms with E-state index in [1.807, 2.05) is 0 Å². The third-order valence-electron chi connectivity index (χ3n) is 9.15. The molecule has 0 aliphatic rings. The molecule has 7 N–H and O–H groups in total. The fraction of sp³-hybridized carbons (Fsp3) is 0.0541. The molecule has 0 bridgehead atoms. The van der Waals surface area contributed by atoms with Gasteiger partial charge in [0.15, 0.2) is 0 Å². The van der Waals surface area contributed by atoms with Gasteiger partial charge in [0.2, 0.25) is 11.9 Å². The Morgan fingerprint density at radius 2 is 0.955 bits per heavy atom. The van der Waals surface area contributed by atoms with Crippen molar-refractivity contribution in [3.8, 4) is 11.5 Å². The Hall–Kier alpha value is -6.73. The number of anilines is 4. The number of fused-ring (bicyclic) bond motifs is 2. The smallest absolute Gasteiger partial charge is 0.351 e. The molecule has 0 saturated heterocycles. The molecule has 0 radical (unpaired) electrons. The second kappa shape index (κ2) is 18.2. The molecule has 1 aromatic heterocycles. The highest BCUT2D eigenvalue weighted by Gasteiger charge is 2.24. The quantitative estimate of drug-likeness (QED) is 0.0399. The minimum Gasteiger partial charge on any atom is -0.494 e. The van der Waals surface area contributed by atoms with Gasteiger partial charge < -0.3 is 20.1 Å². The molecule has 7 rings (SSSR count). The average molecular weight is 1040 g/mol. The highest BCUT2D eigenvalue weighted by atomic mass is 35.5. The summed E-state index contributed by atoms with van der Waals surface area (Å²) in [6.07, 6.45) is 0. The number of aromatic nitrogens is 3. The van der Waals surface area contributed by atoms with Crippen LogP contribution < -0.4 is 25.8 Å². The van der Waals surface area contributed by atoms with E-state index in [0.29, 0.717) is 0 Å². The number of nitrogens with zero attached hydrogens (tertiary/aromatic N) is 6. The second-order valence-corrected chi connectivity index (χ2v) is 19.8. The van der Waals surface area contributed by atoms with Gasteiger partial charge in [0.05, 0.1) is 47.0 Å². The SMILES string of the molecule is COc1cc(N=Nc2cc(S(=O)(=O)O)c3cccc(S(=O)(=O)O)c3c2)c(Cl)cc1Nc1nc(Nc2cc(Cl)c(N=Nc3cc(S(=O)(=O)O)c4cccc(S(=O)(=O)O)c4c3)cc2OC)[nH]c(=O)n1. The van der Waals surface area contributed by atoms with Crippen LogP contribution >= 0.6 is 23.2 Å². The van der Waals surface area contributed by atoms with E-state index in [-0.39, 0.29) is 89.1 Å². The molecule has 0 amide bonds. The van der Waals surface area contributed by atoms with Gasteiger partial charge in [0, 0.05) is 33.7 Å². The Balaban J connectivity index is 1.16. The number of H-pyrrole nitrogens is 1. The minimum absolute atomic E-state index is 0.0394. The number of rotatable bonds is 14. The molecule has 0 fully saturated rings. The van der Waals surface area contributed by atoms with E-state index < -0.39 is 65.7 Å². The van der Waals surface area contributed by atoms with Gasteiger partial charge in [0.25, 0.3) is 40.5 Å². The van der Waals surface area contributed by atoms with Crippen LogP contribution in [0, 0.1) is 0 Å². The fourth-order valence-corrected chi connectivity index (χ4v) is 9.60. The zero-order valence-electron chi connectivity index (χ0n) is 33.4. The van der Waals surface area contributed by atoms with E-state index >= 15 is 0 Å². The molecule has 30 heteroatoms. The normalized spacial score (nSPS) is 12.6. The summed E-state index contributed by atoms with van der Waals surface area (Å²) in [4.78, 5) is 20.4. The van der Waals surface area contributed by atoms with Gasteiger partial charge in [-0.15, -0.1) is 10.2 Å². The average Bonchev–Trinajstić information content (AvgIpc) is 3.23. The van der Waals surface area contributed by atoms with Crippen molar-refractivity contribution in [2.75, 3.05) is 24.9 Å². The van der Waals surface area contributed by atoms with Crippen LogP contribution in [0.2, 0.25) is 10.0 Å². The largest absolute Gasteiger partial charge is 0.494 e. The molecule has 0 saturated carbocycles. The third-order valence-corrected chi connectivity index (χ3v) is 13.4. The number of azo groups is 2. The van der Waals surface area contributed by atoms with Crippen molar-refractivity contribution < 1.29 is 61.4 Å². The Labute approximate surface area is 387 Å². The lowest BCUT2D eigenvalue weighted by Crippen LogP contribution is -2.17. The highest BCUT2D eigenvalue weighted by Crippen LogP contribution is 2.41. The second-order valence-electron chi connectivity index (χ2n) is 13.5. The first-order valence-electron chi connectivity index (χ1n) is 18.0. The van der Waals surface area contributed by atoms with Gasteiger partial charge in [0.1, 0.15) is 42.5 Å². The van der Waals surface area contributed by atoms with E-state index in [9.17, 15) is 56.7 Å². The van der Waals surface area contributed by atoms with Gasteiger partial charge in [-0.3, -0.25) is 23.2 Å². The lowest BCUT2D eigenvalue weighted by molar-refractivity contribution is 0.417. The summed E-state index contributed by atoms with van der Waals surface area (Å²) in [5, 5.41) is 20.4. The zero-order chi connectivity index (χ0) is 48.8. The third kappa shape index (κ3) is 10.6. The lowest BCUT2D eigenvalue weighted by atomic mass is 10.1. The Morgan fingerprint density at radius 1 is 0.537 bits per heavy atom. The maximum absolute atomic E-state index is 12.7. The summed E-state index contributed by atoms with van der Waals surface area (Å²) in [5.41, 5.74) is -1.34. The number of ether oxygens (including phenoxy) is 2. The van der Waals surface area contributed by atoms with E-state index in [0.717, 1.165) is 36.4 Å². The molecule has 0 aliphatic heterocycles. The molecule has 6 aromatic carbocycles. The van der Waals surface area contributed by atoms with Crippen molar-refractivity contribution in [3.05, 3.63) is 105 Å². The monoisotopic (exact) mass is 1030 g/mol. The molecule has 0 atom stereocenters. The molecular weight excluding hydrogens is 1010 g/mol. The Kier molecular flexibility index (Phi) is 13.1. The topological polar surface area (TPSA) is 368 Å². The van der Waals surface area contributed by atoms with Gasteiger partial charge in [-0.1, -0.05) is 47.5 Å². The minimum atomic E-state index is -4.94. The summed E-state index contributed by atoms with van der Waals surface area (Å²) < 4.78 is 147. The molecular formula is C37H27Cl2N9O15S4. The molecule has 0 spiro atoms. The number of methoxy groups -OCH3 is 2. The van der Waals surface area contributed by atoms with Crippen molar-refractivity contribution in [2.24, 2.45) is 20.5 Å². The summed E-state index contributed by atoms with van der Waals surface area (Å²) in [6.45, 7) is 0. The van der Waals surface area contributed by atoms with Crippen molar-refractivity contribution in [2.45, 2.75) is 19.6 Å². The zero-order valence-corrected chi connectivity index (χ0v) is 38.2. The predicted molar refractivity (Wildman–Crippen MR) is 241 cm³/mol. The molecule has 0 aliphatic carbocycles. The standard InChI is InChI=1S/C37H27Cl2N9O15S4/c1-62-29-15-25(47-45-17-9-21-19(33(11-17)66(56,57)58)5-3-7-31(21)64(50,51)52)23(38)13-27(29)40-35-42-36(44-37(49)43-35)41-28-14-24(39)26(16-30(28)63-2)48-46-18-10-22-20(34(12-18)67(59,60)61)6-4-8-32(22)65(53,54)55/h3-16H,1-2H3,(H,50,51,52)(H,53,54,55)(H,56,57,58)(H,59,60,61)(H3,40,41,42,43,44,49).